The van der Waals surface area contributed by atoms with E-state index in [-0.39, 0.29) is 50.6 Å². The summed E-state index contributed by atoms with van der Waals surface area (Å²) < 4.78 is 28.9. The topological polar surface area (TPSA) is 86.8 Å². The van der Waals surface area contributed by atoms with Crippen LogP contribution in [0.15, 0.2) is 65.6 Å². The zero-order chi connectivity index (χ0) is 31.2. The highest BCUT2D eigenvalue weighted by molar-refractivity contribution is 7.92. The molecule has 42 heavy (non-hydrogen) atoms. The van der Waals surface area contributed by atoms with E-state index in [0.29, 0.717) is 17.0 Å². The summed E-state index contributed by atoms with van der Waals surface area (Å²) in [6.07, 6.45) is 0.969. The number of nitrogens with one attached hydrogen (secondary N) is 1. The molecular formula is C30H33Cl4N3O4S. The summed E-state index contributed by atoms with van der Waals surface area (Å²) in [5.74, 6) is -0.979. The van der Waals surface area contributed by atoms with E-state index in [9.17, 15) is 18.0 Å². The van der Waals surface area contributed by atoms with Crippen LogP contribution in [0.25, 0.3) is 0 Å². The number of benzene rings is 3. The van der Waals surface area contributed by atoms with Crippen LogP contribution in [0.1, 0.15) is 44.7 Å². The van der Waals surface area contributed by atoms with Crippen molar-refractivity contribution in [3.8, 4) is 0 Å². The van der Waals surface area contributed by atoms with Crippen LogP contribution in [0.2, 0.25) is 20.1 Å². The molecule has 2 atom stereocenters. The van der Waals surface area contributed by atoms with Gasteiger partial charge in [-0.15, -0.1) is 0 Å². The number of carbonyl (C=O) groups excluding carboxylic acids is 2. The monoisotopic (exact) mass is 671 g/mol. The van der Waals surface area contributed by atoms with Crippen LogP contribution in [0, 0.1) is 6.92 Å². The van der Waals surface area contributed by atoms with Gasteiger partial charge >= 0.3 is 0 Å². The first-order chi connectivity index (χ1) is 19.8. The molecule has 12 heteroatoms. The van der Waals surface area contributed by atoms with E-state index in [1.54, 1.807) is 37.3 Å². The van der Waals surface area contributed by atoms with Gasteiger partial charge in [0.15, 0.2) is 0 Å². The zero-order valence-electron chi connectivity index (χ0n) is 23.7. The van der Waals surface area contributed by atoms with E-state index >= 15 is 0 Å². The molecule has 0 bridgehead atoms. The fourth-order valence-corrected chi connectivity index (χ4v) is 6.40. The summed E-state index contributed by atoms with van der Waals surface area (Å²) in [6.45, 7) is 6.75. The van der Waals surface area contributed by atoms with Crippen LogP contribution in [0.3, 0.4) is 0 Å². The van der Waals surface area contributed by atoms with Gasteiger partial charge in [-0.2, -0.15) is 0 Å². The number of amides is 2. The number of anilines is 1. The van der Waals surface area contributed by atoms with Gasteiger partial charge in [-0.1, -0.05) is 84.0 Å². The number of carbonyl (C=O) groups is 2. The predicted molar refractivity (Wildman–Crippen MR) is 171 cm³/mol. The highest BCUT2D eigenvalue weighted by atomic mass is 35.5. The number of aryl methyl sites for hydroxylation is 1. The number of hydrogen-bond acceptors (Lipinski definition) is 4. The third-order valence-electron chi connectivity index (χ3n) is 6.79. The highest BCUT2D eigenvalue weighted by Gasteiger charge is 2.34. The Kier molecular flexibility index (Phi) is 12.0. The second-order valence-corrected chi connectivity index (χ2v) is 13.5. The van der Waals surface area contributed by atoms with Crippen molar-refractivity contribution in [2.24, 2.45) is 0 Å². The Morgan fingerprint density at radius 3 is 2.10 bits per heavy atom. The van der Waals surface area contributed by atoms with Gasteiger partial charge < -0.3 is 10.2 Å². The largest absolute Gasteiger partial charge is 0.352 e. The summed E-state index contributed by atoms with van der Waals surface area (Å²) in [7, 11) is -4.30. The maximum atomic E-state index is 14.2. The molecule has 0 saturated carbocycles. The molecule has 0 unspecified atom stereocenters. The van der Waals surface area contributed by atoms with Gasteiger partial charge in [-0.05, 0) is 74.7 Å². The van der Waals surface area contributed by atoms with E-state index in [0.717, 1.165) is 9.87 Å². The molecule has 0 aromatic heterocycles. The highest BCUT2D eigenvalue weighted by Crippen LogP contribution is 2.33. The molecule has 0 radical (unpaired) electrons. The van der Waals surface area contributed by atoms with Gasteiger partial charge in [0, 0.05) is 17.6 Å². The second-order valence-electron chi connectivity index (χ2n) is 9.93. The number of sulfonamides is 1. The number of hydrogen-bond donors (Lipinski definition) is 1. The Labute approximate surface area is 267 Å². The van der Waals surface area contributed by atoms with Gasteiger partial charge in [0.05, 0.1) is 25.7 Å². The van der Waals surface area contributed by atoms with Crippen molar-refractivity contribution in [2.45, 2.75) is 64.1 Å². The lowest BCUT2D eigenvalue weighted by atomic mass is 10.1. The summed E-state index contributed by atoms with van der Waals surface area (Å²) in [5, 5.41) is 3.88. The molecule has 0 aliphatic rings. The lowest BCUT2D eigenvalue weighted by Crippen LogP contribution is -2.53. The van der Waals surface area contributed by atoms with Crippen molar-refractivity contribution in [2.75, 3.05) is 10.8 Å². The van der Waals surface area contributed by atoms with Gasteiger partial charge in [0.2, 0.25) is 11.8 Å². The Bertz CT molecular complexity index is 1530. The van der Waals surface area contributed by atoms with Crippen LogP contribution in [-0.2, 0) is 26.2 Å². The SMILES string of the molecule is CC[C@@H](C)NC(=O)[C@@H](CC)N(Cc1ccc(Cl)c(Cl)c1)C(=O)CN(c1cc(Cl)ccc1Cl)S(=O)(=O)c1ccc(C)cc1. The quantitative estimate of drug-likeness (QED) is 0.216. The van der Waals surface area contributed by atoms with E-state index in [4.69, 9.17) is 46.4 Å². The fourth-order valence-electron chi connectivity index (χ4n) is 4.22. The predicted octanol–water partition coefficient (Wildman–Crippen LogP) is 7.53. The van der Waals surface area contributed by atoms with Crippen molar-refractivity contribution in [1.82, 2.24) is 10.2 Å². The molecule has 0 saturated heterocycles. The van der Waals surface area contributed by atoms with Crippen molar-refractivity contribution < 1.29 is 18.0 Å². The Balaban J connectivity index is 2.12. The van der Waals surface area contributed by atoms with E-state index in [1.807, 2.05) is 20.8 Å². The van der Waals surface area contributed by atoms with Crippen LogP contribution in [0.4, 0.5) is 5.69 Å². The fraction of sp³-hybridized carbons (Fsp3) is 0.333. The third-order valence-corrected chi connectivity index (χ3v) is 9.86. The Hall–Kier alpha value is -2.49. The minimum atomic E-state index is -4.30. The minimum Gasteiger partial charge on any atom is -0.352 e. The zero-order valence-corrected chi connectivity index (χ0v) is 27.5. The van der Waals surface area contributed by atoms with E-state index in [1.165, 1.54) is 35.2 Å². The van der Waals surface area contributed by atoms with Gasteiger partial charge in [-0.3, -0.25) is 13.9 Å². The molecule has 0 aliphatic carbocycles. The number of nitrogens with zero attached hydrogens (tertiary/aromatic N) is 2. The third kappa shape index (κ3) is 8.32. The first-order valence-corrected chi connectivity index (χ1v) is 16.3. The summed E-state index contributed by atoms with van der Waals surface area (Å²) in [5.41, 5.74) is 1.51. The van der Waals surface area contributed by atoms with Crippen molar-refractivity contribution in [1.29, 1.82) is 0 Å². The van der Waals surface area contributed by atoms with Crippen LogP contribution >= 0.6 is 46.4 Å². The van der Waals surface area contributed by atoms with Crippen molar-refractivity contribution >= 4 is 73.9 Å². The molecule has 226 valence electrons. The normalized spacial score (nSPS) is 12.9. The molecule has 0 aliphatic heterocycles. The second kappa shape index (κ2) is 14.8. The van der Waals surface area contributed by atoms with Gasteiger partial charge in [0.1, 0.15) is 12.6 Å². The van der Waals surface area contributed by atoms with Gasteiger partial charge in [-0.25, -0.2) is 8.42 Å². The number of halogens is 4. The molecule has 0 spiro atoms. The Morgan fingerprint density at radius 1 is 0.857 bits per heavy atom. The lowest BCUT2D eigenvalue weighted by Gasteiger charge is -2.34. The maximum absolute atomic E-state index is 14.2. The molecule has 3 aromatic rings. The molecule has 2 amide bonds. The lowest BCUT2D eigenvalue weighted by molar-refractivity contribution is -0.140. The van der Waals surface area contributed by atoms with Crippen LogP contribution < -0.4 is 9.62 Å². The molecule has 7 nitrogen and oxygen atoms in total. The summed E-state index contributed by atoms with van der Waals surface area (Å²) in [6, 6.07) is 14.5. The van der Waals surface area contributed by atoms with E-state index < -0.39 is 28.5 Å². The minimum absolute atomic E-state index is 0.0240. The average molecular weight is 673 g/mol. The van der Waals surface area contributed by atoms with Crippen LogP contribution in [-0.4, -0.2) is 43.8 Å². The Morgan fingerprint density at radius 2 is 1.50 bits per heavy atom. The van der Waals surface area contributed by atoms with Crippen molar-refractivity contribution in [3.05, 3.63) is 91.9 Å². The number of rotatable bonds is 12. The molecule has 3 rings (SSSR count). The molecule has 1 N–H and O–H groups in total. The van der Waals surface area contributed by atoms with E-state index in [2.05, 4.69) is 5.32 Å². The van der Waals surface area contributed by atoms with Crippen LogP contribution in [0.5, 0.6) is 0 Å². The first kappa shape index (κ1) is 34.0. The summed E-state index contributed by atoms with van der Waals surface area (Å²) >= 11 is 25.1. The maximum Gasteiger partial charge on any atom is 0.264 e. The molecular weight excluding hydrogens is 640 g/mol. The molecule has 3 aromatic carbocycles. The molecule has 0 fully saturated rings. The smallest absolute Gasteiger partial charge is 0.264 e. The summed E-state index contributed by atoms with van der Waals surface area (Å²) in [4.78, 5) is 28.9. The average Bonchev–Trinajstić information content (AvgIpc) is 2.94. The first-order valence-electron chi connectivity index (χ1n) is 13.4. The van der Waals surface area contributed by atoms with Crippen molar-refractivity contribution in [3.63, 3.8) is 0 Å². The molecule has 0 heterocycles. The van der Waals surface area contributed by atoms with Gasteiger partial charge in [0.25, 0.3) is 10.0 Å². The standard InChI is InChI=1S/C30H33Cl4N3O4S/c1-5-20(4)35-30(39)27(6-2)36(17-21-9-13-24(32)26(34)15-21)29(38)18-37(28-16-22(31)10-14-25(28)33)42(40,41)23-11-7-19(3)8-12-23/h7-16,20,27H,5-6,17-18H2,1-4H3,(H,35,39)/t20-,27-/m1/s1.